The van der Waals surface area contributed by atoms with Crippen molar-refractivity contribution in [3.8, 4) is 0 Å². The average Bonchev–Trinajstić information content (AvgIpc) is 2.80. The summed E-state index contributed by atoms with van der Waals surface area (Å²) in [6.07, 6.45) is 5.07. The van der Waals surface area contributed by atoms with Gasteiger partial charge in [0, 0.05) is 21.2 Å². The van der Waals surface area contributed by atoms with Crippen LogP contribution in [0.15, 0.2) is 29.4 Å². The molecule has 2 amide bonds. The van der Waals surface area contributed by atoms with E-state index >= 15 is 0 Å². The second-order valence-corrected chi connectivity index (χ2v) is 8.27. The van der Waals surface area contributed by atoms with E-state index in [1.54, 1.807) is 24.3 Å². The van der Waals surface area contributed by atoms with Gasteiger partial charge in [-0.25, -0.2) is 5.43 Å². The number of aryl methyl sites for hydroxylation is 1. The number of carbonyl (C=O) groups is 2. The molecule has 0 saturated heterocycles. The molecule has 0 unspecified atom stereocenters. The van der Waals surface area contributed by atoms with E-state index in [2.05, 4.69) is 15.8 Å². The molecule has 0 bridgehead atoms. The number of nitrogens with one attached hydrogen (secondary N) is 2. The summed E-state index contributed by atoms with van der Waals surface area (Å²) < 4.78 is 0. The lowest BCUT2D eigenvalue weighted by Crippen LogP contribution is -2.22. The monoisotopic (exact) mass is 403 g/mol. The standard InChI is InChI=1S/C20H22ClN3O2S/c1-12(2)23-24-19(26)17-15-9-4-3-5-10-16(15)27-20(17)22-18(25)13-7-6-8-14(21)11-13/h6-8,11H,3-5,9-10H2,1-2H3,(H,22,25)(H,24,26). The summed E-state index contributed by atoms with van der Waals surface area (Å²) in [5.74, 6) is -0.560. The number of thiophene rings is 1. The van der Waals surface area contributed by atoms with Crippen molar-refractivity contribution in [2.45, 2.75) is 46.0 Å². The summed E-state index contributed by atoms with van der Waals surface area (Å²) in [6.45, 7) is 3.63. The highest BCUT2D eigenvalue weighted by molar-refractivity contribution is 7.17. The second-order valence-electron chi connectivity index (χ2n) is 6.73. The van der Waals surface area contributed by atoms with E-state index < -0.39 is 0 Å². The van der Waals surface area contributed by atoms with E-state index in [0.717, 1.165) is 43.4 Å². The van der Waals surface area contributed by atoms with E-state index in [0.29, 0.717) is 21.2 Å². The first-order valence-corrected chi connectivity index (χ1v) is 10.2. The highest BCUT2D eigenvalue weighted by Gasteiger charge is 2.26. The van der Waals surface area contributed by atoms with Crippen LogP contribution in [0.25, 0.3) is 0 Å². The maximum Gasteiger partial charge on any atom is 0.274 e. The number of nitrogens with zero attached hydrogens (tertiary/aromatic N) is 1. The number of rotatable bonds is 4. The van der Waals surface area contributed by atoms with Crippen LogP contribution in [0.5, 0.6) is 0 Å². The maximum absolute atomic E-state index is 12.8. The Kier molecular flexibility index (Phi) is 6.29. The zero-order chi connectivity index (χ0) is 19.4. The van der Waals surface area contributed by atoms with Crippen molar-refractivity contribution in [1.82, 2.24) is 5.43 Å². The first kappa shape index (κ1) is 19.6. The van der Waals surface area contributed by atoms with Crippen molar-refractivity contribution >= 4 is 45.5 Å². The highest BCUT2D eigenvalue weighted by Crippen LogP contribution is 2.37. The minimum Gasteiger partial charge on any atom is -0.313 e. The third kappa shape index (κ3) is 4.76. The molecule has 0 fully saturated rings. The third-order valence-electron chi connectivity index (χ3n) is 4.34. The molecule has 0 spiro atoms. The number of fused-ring (bicyclic) bond motifs is 1. The van der Waals surface area contributed by atoms with Gasteiger partial charge >= 0.3 is 0 Å². The Morgan fingerprint density at radius 1 is 1.11 bits per heavy atom. The molecular formula is C20H22ClN3O2S. The van der Waals surface area contributed by atoms with E-state index in [4.69, 9.17) is 11.6 Å². The predicted molar refractivity (Wildman–Crippen MR) is 111 cm³/mol. The van der Waals surface area contributed by atoms with Crippen molar-refractivity contribution in [3.63, 3.8) is 0 Å². The van der Waals surface area contributed by atoms with Gasteiger partial charge in [0.05, 0.1) is 5.56 Å². The van der Waals surface area contributed by atoms with Gasteiger partial charge in [-0.1, -0.05) is 24.1 Å². The van der Waals surface area contributed by atoms with Crippen LogP contribution in [0.4, 0.5) is 5.00 Å². The van der Waals surface area contributed by atoms with Gasteiger partial charge in [-0.2, -0.15) is 5.10 Å². The molecule has 7 heteroatoms. The van der Waals surface area contributed by atoms with Crippen molar-refractivity contribution in [1.29, 1.82) is 0 Å². The van der Waals surface area contributed by atoms with Gasteiger partial charge < -0.3 is 5.32 Å². The van der Waals surface area contributed by atoms with Gasteiger partial charge in [-0.3, -0.25) is 9.59 Å². The molecule has 0 saturated carbocycles. The fourth-order valence-corrected chi connectivity index (χ4v) is 4.57. The maximum atomic E-state index is 12.8. The van der Waals surface area contributed by atoms with Gasteiger partial charge in [0.2, 0.25) is 0 Å². The molecule has 2 aromatic rings. The molecule has 1 heterocycles. The number of hydrazone groups is 1. The minimum absolute atomic E-state index is 0.280. The smallest absolute Gasteiger partial charge is 0.274 e. The van der Waals surface area contributed by atoms with Crippen molar-refractivity contribution in [2.75, 3.05) is 5.32 Å². The fourth-order valence-electron chi connectivity index (χ4n) is 3.09. The quantitative estimate of drug-likeness (QED) is 0.426. The van der Waals surface area contributed by atoms with Gasteiger partial charge in [0.15, 0.2) is 0 Å². The van der Waals surface area contributed by atoms with Crippen molar-refractivity contribution < 1.29 is 9.59 Å². The third-order valence-corrected chi connectivity index (χ3v) is 5.79. The van der Waals surface area contributed by atoms with Crippen molar-refractivity contribution in [2.24, 2.45) is 5.10 Å². The number of hydrogen-bond donors (Lipinski definition) is 2. The highest BCUT2D eigenvalue weighted by atomic mass is 35.5. The normalized spacial score (nSPS) is 13.3. The summed E-state index contributed by atoms with van der Waals surface area (Å²) in [5, 5.41) is 8.02. The Hall–Kier alpha value is -2.18. The Balaban J connectivity index is 1.95. The van der Waals surface area contributed by atoms with Gasteiger partial charge in [0.25, 0.3) is 11.8 Å². The van der Waals surface area contributed by atoms with Gasteiger partial charge in [0.1, 0.15) is 5.00 Å². The summed E-state index contributed by atoms with van der Waals surface area (Å²) >= 11 is 7.48. The van der Waals surface area contributed by atoms with E-state index in [1.165, 1.54) is 16.2 Å². The molecule has 1 aromatic carbocycles. The molecule has 1 aliphatic rings. The van der Waals surface area contributed by atoms with Crippen LogP contribution < -0.4 is 10.7 Å². The van der Waals surface area contributed by atoms with Crippen LogP contribution in [-0.4, -0.2) is 17.5 Å². The van der Waals surface area contributed by atoms with Gasteiger partial charge in [-0.05, 0) is 63.3 Å². The van der Waals surface area contributed by atoms with Gasteiger partial charge in [-0.15, -0.1) is 11.3 Å². The molecule has 2 N–H and O–H groups in total. The Labute approximate surface area is 167 Å². The molecule has 3 rings (SSSR count). The molecule has 0 aliphatic heterocycles. The number of halogens is 1. The summed E-state index contributed by atoms with van der Waals surface area (Å²) in [7, 11) is 0. The van der Waals surface area contributed by atoms with Crippen LogP contribution in [0.2, 0.25) is 5.02 Å². The Morgan fingerprint density at radius 3 is 2.63 bits per heavy atom. The SMILES string of the molecule is CC(C)=NNC(=O)c1c(NC(=O)c2cccc(Cl)c2)sc2c1CCCCC2. The number of amides is 2. The molecule has 0 radical (unpaired) electrons. The first-order chi connectivity index (χ1) is 13.0. The largest absolute Gasteiger partial charge is 0.313 e. The zero-order valence-electron chi connectivity index (χ0n) is 15.4. The molecular weight excluding hydrogens is 382 g/mol. The van der Waals surface area contributed by atoms with Crippen LogP contribution >= 0.6 is 22.9 Å². The van der Waals surface area contributed by atoms with E-state index in [9.17, 15) is 9.59 Å². The van der Waals surface area contributed by atoms with Crippen LogP contribution in [-0.2, 0) is 12.8 Å². The number of benzene rings is 1. The second kappa shape index (κ2) is 8.67. The van der Waals surface area contributed by atoms with E-state index in [1.807, 2.05) is 13.8 Å². The lowest BCUT2D eigenvalue weighted by Gasteiger charge is -2.08. The number of hydrogen-bond acceptors (Lipinski definition) is 4. The molecule has 0 atom stereocenters. The number of anilines is 1. The average molecular weight is 404 g/mol. The molecule has 1 aromatic heterocycles. The Bertz CT molecular complexity index is 901. The van der Waals surface area contributed by atoms with Crippen molar-refractivity contribution in [3.05, 3.63) is 50.9 Å². The minimum atomic E-state index is -0.281. The molecule has 142 valence electrons. The molecule has 1 aliphatic carbocycles. The molecule has 27 heavy (non-hydrogen) atoms. The summed E-state index contributed by atoms with van der Waals surface area (Å²) in [6, 6.07) is 6.76. The Morgan fingerprint density at radius 2 is 1.89 bits per heavy atom. The summed E-state index contributed by atoms with van der Waals surface area (Å²) in [4.78, 5) is 26.6. The van der Waals surface area contributed by atoms with Crippen LogP contribution in [0.1, 0.15) is 64.3 Å². The summed E-state index contributed by atoms with van der Waals surface area (Å²) in [5.41, 5.74) is 5.40. The van der Waals surface area contributed by atoms with Crippen LogP contribution in [0, 0.1) is 0 Å². The molecule has 5 nitrogen and oxygen atoms in total. The van der Waals surface area contributed by atoms with E-state index in [-0.39, 0.29) is 11.8 Å². The topological polar surface area (TPSA) is 70.6 Å². The fraction of sp³-hybridized carbons (Fsp3) is 0.350. The zero-order valence-corrected chi connectivity index (χ0v) is 17.0. The first-order valence-electron chi connectivity index (χ1n) is 8.98. The lowest BCUT2D eigenvalue weighted by atomic mass is 10.0. The number of carbonyl (C=O) groups excluding carboxylic acids is 2. The predicted octanol–water partition coefficient (Wildman–Crippen LogP) is 5.05. The lowest BCUT2D eigenvalue weighted by molar-refractivity contribution is 0.0955. The van der Waals surface area contributed by atoms with Crippen LogP contribution in [0.3, 0.4) is 0 Å².